The molecule has 0 amide bonds. The Hall–Kier alpha value is -1.06. The minimum absolute atomic E-state index is 0.252. The van der Waals surface area contributed by atoms with Crippen LogP contribution in [-0.2, 0) is 9.59 Å². The van der Waals surface area contributed by atoms with Gasteiger partial charge in [-0.2, -0.15) is 0 Å². The maximum atomic E-state index is 11.0. The lowest BCUT2D eigenvalue weighted by Crippen LogP contribution is -2.45. The van der Waals surface area contributed by atoms with Crippen LogP contribution in [0.4, 0.5) is 0 Å². The summed E-state index contributed by atoms with van der Waals surface area (Å²) < 4.78 is 0. The van der Waals surface area contributed by atoms with E-state index in [-0.39, 0.29) is 5.92 Å². The molecule has 0 aromatic rings. The van der Waals surface area contributed by atoms with Crippen molar-refractivity contribution in [2.45, 2.75) is 32.1 Å². The van der Waals surface area contributed by atoms with Gasteiger partial charge < -0.3 is 19.8 Å². The van der Waals surface area contributed by atoms with Gasteiger partial charge in [0.05, 0.1) is 0 Å². The molecule has 0 N–H and O–H groups in total. The highest BCUT2D eigenvalue weighted by atomic mass is 16.4. The molecule has 2 aliphatic rings. The molecule has 0 unspecified atom stereocenters. The van der Waals surface area contributed by atoms with Gasteiger partial charge in [0.1, 0.15) is 0 Å². The highest BCUT2D eigenvalue weighted by Crippen LogP contribution is 2.56. The van der Waals surface area contributed by atoms with Crippen LogP contribution in [-0.4, -0.2) is 11.9 Å². The van der Waals surface area contributed by atoms with Crippen LogP contribution in [0.1, 0.15) is 32.1 Å². The standard InChI is InChI=1S/C10H14O4/c11-8(12)6-3-5-10(9(13)14)4-1-2-7(6)10/h6-7H,1-5H2,(H,11,12)(H,13,14)/p-2/t6-,7+,10-/m1/s1. The van der Waals surface area contributed by atoms with Gasteiger partial charge in [-0.1, -0.05) is 6.42 Å². The number of rotatable bonds is 2. The number of carboxylic acid groups (broad SMARTS) is 2. The van der Waals surface area contributed by atoms with Gasteiger partial charge in [0, 0.05) is 23.3 Å². The first-order valence-corrected chi connectivity index (χ1v) is 5.00. The van der Waals surface area contributed by atoms with Crippen molar-refractivity contribution in [1.82, 2.24) is 0 Å². The third kappa shape index (κ3) is 1.06. The average Bonchev–Trinajstić information content (AvgIpc) is 2.58. The van der Waals surface area contributed by atoms with Crippen LogP contribution in [0.25, 0.3) is 0 Å². The van der Waals surface area contributed by atoms with Crippen molar-refractivity contribution in [1.29, 1.82) is 0 Å². The van der Waals surface area contributed by atoms with Gasteiger partial charge in [0.2, 0.25) is 0 Å². The maximum absolute atomic E-state index is 11.0. The highest BCUT2D eigenvalue weighted by Gasteiger charge is 2.52. The van der Waals surface area contributed by atoms with E-state index < -0.39 is 23.3 Å². The van der Waals surface area contributed by atoms with E-state index in [1.54, 1.807) is 0 Å². The molecule has 2 saturated carbocycles. The topological polar surface area (TPSA) is 80.3 Å². The largest absolute Gasteiger partial charge is 0.550 e. The number of carboxylic acids is 2. The Morgan fingerprint density at radius 3 is 2.43 bits per heavy atom. The van der Waals surface area contributed by atoms with Gasteiger partial charge in [-0.15, -0.1) is 0 Å². The van der Waals surface area contributed by atoms with Gasteiger partial charge in [0.25, 0.3) is 0 Å². The molecule has 0 radical (unpaired) electrons. The van der Waals surface area contributed by atoms with Crippen molar-refractivity contribution in [3.63, 3.8) is 0 Å². The quantitative estimate of drug-likeness (QED) is 0.548. The summed E-state index contributed by atoms with van der Waals surface area (Å²) in [6, 6.07) is 0. The Morgan fingerprint density at radius 1 is 1.14 bits per heavy atom. The monoisotopic (exact) mass is 196 g/mol. The maximum Gasteiger partial charge on any atom is 0.0479 e. The smallest absolute Gasteiger partial charge is 0.0479 e. The Kier molecular flexibility index (Phi) is 2.01. The van der Waals surface area contributed by atoms with Crippen LogP contribution in [0.3, 0.4) is 0 Å². The molecule has 0 aromatic carbocycles. The summed E-state index contributed by atoms with van der Waals surface area (Å²) in [6.45, 7) is 0. The normalized spacial score (nSPS) is 40.9. The van der Waals surface area contributed by atoms with Crippen LogP contribution >= 0.6 is 0 Å². The number of aliphatic carboxylic acids is 2. The van der Waals surface area contributed by atoms with Crippen LogP contribution in [0.15, 0.2) is 0 Å². The van der Waals surface area contributed by atoms with Gasteiger partial charge >= 0.3 is 0 Å². The highest BCUT2D eigenvalue weighted by molar-refractivity contribution is 5.77. The minimum atomic E-state index is -1.10. The summed E-state index contributed by atoms with van der Waals surface area (Å²) in [4.78, 5) is 21.8. The minimum Gasteiger partial charge on any atom is -0.550 e. The molecule has 4 heteroatoms. The molecule has 14 heavy (non-hydrogen) atoms. The fourth-order valence-corrected chi connectivity index (χ4v) is 3.25. The van der Waals surface area contributed by atoms with E-state index in [9.17, 15) is 19.8 Å². The SMILES string of the molecule is O=C([O-])[C@@H]1CC[C@]2(C(=O)[O-])CCC[C@@H]12. The Labute approximate surface area is 81.9 Å². The molecule has 0 heterocycles. The van der Waals surface area contributed by atoms with E-state index in [1.807, 2.05) is 0 Å². The van der Waals surface area contributed by atoms with E-state index in [4.69, 9.17) is 0 Å². The molecule has 78 valence electrons. The summed E-state index contributed by atoms with van der Waals surface area (Å²) in [5.41, 5.74) is -0.856. The zero-order chi connectivity index (χ0) is 10.3. The third-order valence-electron chi connectivity index (χ3n) is 3.94. The van der Waals surface area contributed by atoms with Crippen LogP contribution in [0, 0.1) is 17.3 Å². The number of carbonyl (C=O) groups is 2. The van der Waals surface area contributed by atoms with Crippen molar-refractivity contribution in [3.05, 3.63) is 0 Å². The second-order valence-corrected chi connectivity index (χ2v) is 4.41. The van der Waals surface area contributed by atoms with E-state index in [2.05, 4.69) is 0 Å². The summed E-state index contributed by atoms with van der Waals surface area (Å²) in [5, 5.41) is 21.8. The molecule has 0 aromatic heterocycles. The van der Waals surface area contributed by atoms with Gasteiger partial charge in [0.15, 0.2) is 0 Å². The Balaban J connectivity index is 2.28. The van der Waals surface area contributed by atoms with Crippen molar-refractivity contribution >= 4 is 11.9 Å². The van der Waals surface area contributed by atoms with Gasteiger partial charge in [-0.05, 0) is 31.6 Å². The molecule has 0 saturated heterocycles. The number of hydrogen-bond acceptors (Lipinski definition) is 4. The van der Waals surface area contributed by atoms with Crippen molar-refractivity contribution in [2.75, 3.05) is 0 Å². The lowest BCUT2D eigenvalue weighted by Gasteiger charge is -2.32. The molecular weight excluding hydrogens is 184 g/mol. The summed E-state index contributed by atoms with van der Waals surface area (Å²) >= 11 is 0. The summed E-state index contributed by atoms with van der Waals surface area (Å²) in [5.74, 6) is -2.99. The van der Waals surface area contributed by atoms with E-state index in [1.165, 1.54) is 0 Å². The number of hydrogen-bond donors (Lipinski definition) is 0. The first kappa shape index (κ1) is 9.49. The zero-order valence-electron chi connectivity index (χ0n) is 7.82. The fourth-order valence-electron chi connectivity index (χ4n) is 3.25. The average molecular weight is 196 g/mol. The number of carbonyl (C=O) groups excluding carboxylic acids is 2. The van der Waals surface area contributed by atoms with Gasteiger partial charge in [-0.3, -0.25) is 0 Å². The number of fused-ring (bicyclic) bond motifs is 1. The lowest BCUT2D eigenvalue weighted by molar-refractivity contribution is -0.322. The van der Waals surface area contributed by atoms with E-state index in [0.29, 0.717) is 25.7 Å². The summed E-state index contributed by atoms with van der Waals surface area (Å²) in [7, 11) is 0. The zero-order valence-corrected chi connectivity index (χ0v) is 7.82. The molecule has 2 rings (SSSR count). The van der Waals surface area contributed by atoms with Crippen molar-refractivity contribution < 1.29 is 19.8 Å². The third-order valence-corrected chi connectivity index (χ3v) is 3.94. The Morgan fingerprint density at radius 2 is 1.86 bits per heavy atom. The fraction of sp³-hybridized carbons (Fsp3) is 0.800. The van der Waals surface area contributed by atoms with Crippen LogP contribution in [0.2, 0.25) is 0 Å². The molecule has 0 bridgehead atoms. The van der Waals surface area contributed by atoms with E-state index in [0.717, 1.165) is 6.42 Å². The molecule has 0 aliphatic heterocycles. The van der Waals surface area contributed by atoms with Crippen molar-refractivity contribution in [3.8, 4) is 0 Å². The van der Waals surface area contributed by atoms with E-state index >= 15 is 0 Å². The molecule has 4 nitrogen and oxygen atoms in total. The predicted octanol–water partition coefficient (Wildman–Crippen LogP) is -1.32. The first-order chi connectivity index (χ1) is 6.58. The molecule has 3 atom stereocenters. The second-order valence-electron chi connectivity index (χ2n) is 4.41. The van der Waals surface area contributed by atoms with Crippen molar-refractivity contribution in [2.24, 2.45) is 17.3 Å². The molecule has 2 aliphatic carbocycles. The molecular formula is C10H12O4-2. The summed E-state index contributed by atoms with van der Waals surface area (Å²) in [6.07, 6.45) is 2.93. The van der Waals surface area contributed by atoms with Crippen LogP contribution < -0.4 is 10.2 Å². The predicted molar refractivity (Wildman–Crippen MR) is 42.5 cm³/mol. The van der Waals surface area contributed by atoms with Gasteiger partial charge in [-0.25, -0.2) is 0 Å². The Bertz CT molecular complexity index is 286. The second kappa shape index (κ2) is 2.97. The molecule has 2 fully saturated rings. The first-order valence-electron chi connectivity index (χ1n) is 5.00. The lowest BCUT2D eigenvalue weighted by atomic mass is 9.78. The molecule has 0 spiro atoms. The van der Waals surface area contributed by atoms with Crippen LogP contribution in [0.5, 0.6) is 0 Å².